The molecule has 0 atom stereocenters. The summed E-state index contributed by atoms with van der Waals surface area (Å²) in [5.41, 5.74) is 9.77. The molecule has 0 amide bonds. The third-order valence-electron chi connectivity index (χ3n) is 12.5. The highest BCUT2D eigenvalue weighted by atomic mass is 15.0. The van der Waals surface area contributed by atoms with Gasteiger partial charge in [-0.1, -0.05) is 164 Å². The van der Waals surface area contributed by atoms with Crippen LogP contribution in [0.25, 0.3) is 121 Å². The van der Waals surface area contributed by atoms with Crippen LogP contribution < -0.4 is 0 Å². The Morgan fingerprint density at radius 2 is 0.887 bits per heavy atom. The third kappa shape index (κ3) is 5.32. The monoisotopic (exact) mass is 789 g/mol. The zero-order chi connectivity index (χ0) is 40.7. The van der Waals surface area contributed by atoms with Crippen molar-refractivity contribution in [2.45, 2.75) is 0 Å². The topological polar surface area (TPSA) is 48.5 Å². The van der Waals surface area contributed by atoms with Gasteiger partial charge in [-0.2, -0.15) is 0 Å². The number of para-hydroxylation sites is 1. The minimum Gasteiger partial charge on any atom is -0.309 e. The second kappa shape index (κ2) is 13.6. The molecule has 0 radical (unpaired) electrons. The van der Waals surface area contributed by atoms with E-state index in [-0.39, 0.29) is 0 Å². The number of nitrogens with zero attached hydrogens (tertiary/aromatic N) is 5. The van der Waals surface area contributed by atoms with Crippen LogP contribution in [0.4, 0.5) is 0 Å². The van der Waals surface area contributed by atoms with Crippen LogP contribution in [0.1, 0.15) is 0 Å². The van der Waals surface area contributed by atoms with Gasteiger partial charge in [0.1, 0.15) is 0 Å². The highest BCUT2D eigenvalue weighted by Crippen LogP contribution is 2.43. The molecule has 0 aliphatic rings. The number of fused-ring (bicyclic) bond motifs is 10. The SMILES string of the molecule is c1ccc(-c2nc(-c3ccccc3)nc(-c3ccc4c(-n5c6ccccc6c6cc7c8c9ccccc9ccc8n(-c8ccc9ccccc9c8)c7cc65)cccc4c3)n2)cc1. The first-order valence-electron chi connectivity index (χ1n) is 21.0. The van der Waals surface area contributed by atoms with Crippen LogP contribution in [-0.4, -0.2) is 24.1 Å². The first-order chi connectivity index (χ1) is 30.7. The van der Waals surface area contributed by atoms with Crippen molar-refractivity contribution < 1.29 is 0 Å². The van der Waals surface area contributed by atoms with E-state index in [0.717, 1.165) is 49.9 Å². The molecule has 0 fully saturated rings. The molecule has 13 aromatic rings. The second-order valence-electron chi connectivity index (χ2n) is 16.0. The fourth-order valence-electron chi connectivity index (χ4n) is 9.64. The summed E-state index contributed by atoms with van der Waals surface area (Å²) in [6, 6.07) is 75.9. The molecule has 288 valence electrons. The molecule has 62 heavy (non-hydrogen) atoms. The van der Waals surface area contributed by atoms with Crippen molar-refractivity contribution in [3.8, 4) is 45.5 Å². The van der Waals surface area contributed by atoms with Crippen molar-refractivity contribution in [3.63, 3.8) is 0 Å². The summed E-state index contributed by atoms with van der Waals surface area (Å²) in [6.07, 6.45) is 0. The summed E-state index contributed by atoms with van der Waals surface area (Å²) >= 11 is 0. The van der Waals surface area contributed by atoms with Crippen LogP contribution in [0, 0.1) is 0 Å². The molecule has 5 heteroatoms. The first-order valence-corrected chi connectivity index (χ1v) is 21.0. The maximum atomic E-state index is 5.05. The quantitative estimate of drug-likeness (QED) is 0.174. The fraction of sp³-hybridized carbons (Fsp3) is 0. The van der Waals surface area contributed by atoms with Gasteiger partial charge in [0.25, 0.3) is 0 Å². The van der Waals surface area contributed by atoms with Crippen molar-refractivity contribution in [1.29, 1.82) is 0 Å². The average molecular weight is 790 g/mol. The summed E-state index contributed by atoms with van der Waals surface area (Å²) in [6.45, 7) is 0. The third-order valence-corrected chi connectivity index (χ3v) is 12.5. The largest absolute Gasteiger partial charge is 0.309 e. The van der Waals surface area contributed by atoms with E-state index < -0.39 is 0 Å². The van der Waals surface area contributed by atoms with Gasteiger partial charge in [0.15, 0.2) is 17.5 Å². The fourth-order valence-corrected chi connectivity index (χ4v) is 9.64. The van der Waals surface area contributed by atoms with Crippen molar-refractivity contribution in [2.75, 3.05) is 0 Å². The van der Waals surface area contributed by atoms with E-state index in [2.05, 4.69) is 161 Å². The Hall–Kier alpha value is -8.41. The Morgan fingerprint density at radius 3 is 1.66 bits per heavy atom. The van der Waals surface area contributed by atoms with E-state index in [1.165, 1.54) is 54.1 Å². The molecule has 10 aromatic carbocycles. The van der Waals surface area contributed by atoms with Crippen LogP contribution in [0.3, 0.4) is 0 Å². The van der Waals surface area contributed by atoms with E-state index in [1.54, 1.807) is 0 Å². The molecule has 3 aromatic heterocycles. The van der Waals surface area contributed by atoms with E-state index in [9.17, 15) is 0 Å². The minimum absolute atomic E-state index is 0.637. The number of rotatable bonds is 5. The highest BCUT2D eigenvalue weighted by molar-refractivity contribution is 6.25. The van der Waals surface area contributed by atoms with Gasteiger partial charge in [0.2, 0.25) is 0 Å². The highest BCUT2D eigenvalue weighted by Gasteiger charge is 2.21. The number of hydrogen-bond donors (Lipinski definition) is 0. The van der Waals surface area contributed by atoms with E-state index in [4.69, 9.17) is 15.0 Å². The molecule has 0 spiro atoms. The summed E-state index contributed by atoms with van der Waals surface area (Å²) in [4.78, 5) is 15.0. The lowest BCUT2D eigenvalue weighted by Crippen LogP contribution is -2.00. The molecule has 0 unspecified atom stereocenters. The molecule has 5 nitrogen and oxygen atoms in total. The number of hydrogen-bond acceptors (Lipinski definition) is 3. The standard InChI is InChI=1S/C57H35N5/c1-3-16-38(17-4-1)55-58-56(39-18-5-2-6-19-39)60-57(59-55)42-27-30-44-41(32-42)21-13-25-49(44)62-50-24-12-11-23-46(50)47-34-48-53(35-52(47)62)61(43-29-26-36-14-7-8-20-40(36)33-43)51-31-28-37-15-9-10-22-45(37)54(48)51/h1-35H. The van der Waals surface area contributed by atoms with Crippen LogP contribution in [0.15, 0.2) is 212 Å². The molecule has 13 rings (SSSR count). The van der Waals surface area contributed by atoms with Gasteiger partial charge in [0, 0.05) is 49.3 Å². The summed E-state index contributed by atoms with van der Waals surface area (Å²) in [5, 5.41) is 12.1. The Balaban J connectivity index is 1.05. The molecule has 0 aliphatic heterocycles. The van der Waals surface area contributed by atoms with Crippen LogP contribution in [-0.2, 0) is 0 Å². The van der Waals surface area contributed by atoms with Crippen molar-refractivity contribution >= 4 is 75.9 Å². The molecule has 0 bridgehead atoms. The molecule has 0 saturated heterocycles. The van der Waals surface area contributed by atoms with E-state index in [0.29, 0.717) is 17.5 Å². The molecular formula is C57H35N5. The number of aromatic nitrogens is 5. The summed E-state index contributed by atoms with van der Waals surface area (Å²) in [5.74, 6) is 1.93. The predicted octanol–water partition coefficient (Wildman–Crippen LogP) is 14.5. The molecular weight excluding hydrogens is 755 g/mol. The smallest absolute Gasteiger partial charge is 0.164 e. The predicted molar refractivity (Wildman–Crippen MR) is 257 cm³/mol. The van der Waals surface area contributed by atoms with E-state index >= 15 is 0 Å². The Labute approximate surface area is 356 Å². The Bertz CT molecular complexity index is 3860. The first kappa shape index (κ1) is 34.5. The van der Waals surface area contributed by atoms with Gasteiger partial charge in [-0.3, -0.25) is 0 Å². The van der Waals surface area contributed by atoms with Gasteiger partial charge in [-0.15, -0.1) is 0 Å². The van der Waals surface area contributed by atoms with Gasteiger partial charge in [-0.25, -0.2) is 15.0 Å². The van der Waals surface area contributed by atoms with E-state index in [1.807, 2.05) is 60.7 Å². The van der Waals surface area contributed by atoms with Gasteiger partial charge >= 0.3 is 0 Å². The normalized spacial score (nSPS) is 11.9. The summed E-state index contributed by atoms with van der Waals surface area (Å²) in [7, 11) is 0. The van der Waals surface area contributed by atoms with Crippen molar-refractivity contribution in [1.82, 2.24) is 24.1 Å². The lowest BCUT2D eigenvalue weighted by atomic mass is 10.0. The second-order valence-corrected chi connectivity index (χ2v) is 16.0. The molecule has 3 heterocycles. The molecule has 0 aliphatic carbocycles. The Kier molecular flexibility index (Phi) is 7.54. The zero-order valence-corrected chi connectivity index (χ0v) is 33.4. The number of benzene rings is 10. The molecule has 0 N–H and O–H groups in total. The van der Waals surface area contributed by atoms with Crippen LogP contribution in [0.5, 0.6) is 0 Å². The van der Waals surface area contributed by atoms with Gasteiger partial charge in [-0.05, 0) is 75.5 Å². The molecule has 0 saturated carbocycles. The van der Waals surface area contributed by atoms with Crippen molar-refractivity contribution in [3.05, 3.63) is 212 Å². The summed E-state index contributed by atoms with van der Waals surface area (Å²) < 4.78 is 4.92. The lowest BCUT2D eigenvalue weighted by molar-refractivity contribution is 1.07. The van der Waals surface area contributed by atoms with Crippen LogP contribution in [0.2, 0.25) is 0 Å². The van der Waals surface area contributed by atoms with Gasteiger partial charge in [0.05, 0.1) is 27.8 Å². The maximum Gasteiger partial charge on any atom is 0.164 e. The lowest BCUT2D eigenvalue weighted by Gasteiger charge is -2.14. The van der Waals surface area contributed by atoms with Crippen molar-refractivity contribution in [2.24, 2.45) is 0 Å². The van der Waals surface area contributed by atoms with Crippen LogP contribution >= 0.6 is 0 Å². The Morgan fingerprint density at radius 1 is 0.274 bits per heavy atom. The average Bonchev–Trinajstić information content (AvgIpc) is 3.85. The van der Waals surface area contributed by atoms with Gasteiger partial charge < -0.3 is 9.13 Å². The zero-order valence-electron chi connectivity index (χ0n) is 33.4. The minimum atomic E-state index is 0.637. The maximum absolute atomic E-state index is 5.05.